The zero-order valence-electron chi connectivity index (χ0n) is 9.84. The number of anilines is 1. The lowest BCUT2D eigenvalue weighted by atomic mass is 10.2. The number of aromatic nitrogens is 1. The number of rotatable bonds is 3. The van der Waals surface area contributed by atoms with Gasteiger partial charge in [-0.3, -0.25) is 5.43 Å². The van der Waals surface area contributed by atoms with E-state index in [1.54, 1.807) is 18.5 Å². The van der Waals surface area contributed by atoms with Crippen molar-refractivity contribution in [3.05, 3.63) is 47.1 Å². The van der Waals surface area contributed by atoms with Crippen molar-refractivity contribution in [3.8, 4) is 11.5 Å². The Kier molecular flexibility index (Phi) is 3.20. The van der Waals surface area contributed by atoms with Gasteiger partial charge in [-0.1, -0.05) is 17.7 Å². The summed E-state index contributed by atoms with van der Waals surface area (Å²) in [6, 6.07) is 9.12. The lowest BCUT2D eigenvalue weighted by Crippen LogP contribution is -1.93. The van der Waals surface area contributed by atoms with Crippen molar-refractivity contribution in [3.63, 3.8) is 0 Å². The van der Waals surface area contributed by atoms with Crippen molar-refractivity contribution in [2.24, 2.45) is 5.10 Å². The number of benzene rings is 1. The summed E-state index contributed by atoms with van der Waals surface area (Å²) in [6.07, 6.45) is 3.33. The molecule has 19 heavy (non-hydrogen) atoms. The number of hydrazone groups is 1. The number of pyridine rings is 1. The smallest absolute Gasteiger partial charge is 0.231 e. The van der Waals surface area contributed by atoms with Crippen molar-refractivity contribution in [2.45, 2.75) is 0 Å². The van der Waals surface area contributed by atoms with Crippen LogP contribution in [0.25, 0.3) is 0 Å². The van der Waals surface area contributed by atoms with Crippen LogP contribution < -0.4 is 14.9 Å². The highest BCUT2D eigenvalue weighted by molar-refractivity contribution is 6.32. The highest BCUT2D eigenvalue weighted by Gasteiger charge is 2.17. The maximum absolute atomic E-state index is 6.07. The second-order valence-electron chi connectivity index (χ2n) is 3.82. The fourth-order valence-corrected chi connectivity index (χ4v) is 1.94. The molecule has 2 aromatic rings. The van der Waals surface area contributed by atoms with Crippen LogP contribution in [-0.2, 0) is 0 Å². The lowest BCUT2D eigenvalue weighted by molar-refractivity contribution is 0.174. The van der Waals surface area contributed by atoms with Crippen LogP contribution >= 0.6 is 11.6 Å². The molecule has 1 N–H and O–H groups in total. The van der Waals surface area contributed by atoms with E-state index in [9.17, 15) is 0 Å². The molecule has 96 valence electrons. The SMILES string of the molecule is Clc1cc(/C=N\Nc2ccccn2)cc2c1OCO2. The van der Waals surface area contributed by atoms with Crippen molar-refractivity contribution >= 4 is 23.6 Å². The van der Waals surface area contributed by atoms with Crippen LogP contribution in [0.3, 0.4) is 0 Å². The van der Waals surface area contributed by atoms with Crippen LogP contribution in [0.5, 0.6) is 11.5 Å². The molecule has 0 radical (unpaired) electrons. The number of ether oxygens (including phenoxy) is 2. The van der Waals surface area contributed by atoms with Gasteiger partial charge in [0.2, 0.25) is 6.79 Å². The Balaban J connectivity index is 1.75. The van der Waals surface area contributed by atoms with Gasteiger partial charge in [-0.25, -0.2) is 4.98 Å². The monoisotopic (exact) mass is 275 g/mol. The topological polar surface area (TPSA) is 55.7 Å². The van der Waals surface area contributed by atoms with Crippen LogP contribution in [0, 0.1) is 0 Å². The molecular formula is C13H10ClN3O2. The average molecular weight is 276 g/mol. The zero-order valence-corrected chi connectivity index (χ0v) is 10.6. The number of hydrogen-bond donors (Lipinski definition) is 1. The summed E-state index contributed by atoms with van der Waals surface area (Å²) in [5, 5.41) is 4.59. The minimum atomic E-state index is 0.196. The number of halogens is 1. The molecule has 6 heteroatoms. The van der Waals surface area contributed by atoms with E-state index in [2.05, 4.69) is 15.5 Å². The number of hydrogen-bond acceptors (Lipinski definition) is 5. The maximum Gasteiger partial charge on any atom is 0.231 e. The van der Waals surface area contributed by atoms with Gasteiger partial charge in [0, 0.05) is 6.20 Å². The molecule has 1 aliphatic heterocycles. The standard InChI is InChI=1S/C13H10ClN3O2/c14-10-5-9(6-11-13(10)19-8-18-11)7-16-17-12-3-1-2-4-15-12/h1-7H,8H2,(H,15,17)/b16-7-. The van der Waals surface area contributed by atoms with Crippen molar-refractivity contribution < 1.29 is 9.47 Å². The van der Waals surface area contributed by atoms with Gasteiger partial charge >= 0.3 is 0 Å². The van der Waals surface area contributed by atoms with E-state index in [1.807, 2.05) is 24.3 Å². The quantitative estimate of drug-likeness (QED) is 0.691. The molecule has 0 bridgehead atoms. The van der Waals surface area contributed by atoms with Gasteiger partial charge < -0.3 is 9.47 Å². The Morgan fingerprint density at radius 3 is 3.11 bits per heavy atom. The van der Waals surface area contributed by atoms with E-state index in [0.717, 1.165) is 5.56 Å². The lowest BCUT2D eigenvalue weighted by Gasteiger charge is -2.01. The molecule has 0 spiro atoms. The predicted octanol–water partition coefficient (Wildman–Crippen LogP) is 2.91. The van der Waals surface area contributed by atoms with Gasteiger partial charge in [0.25, 0.3) is 0 Å². The van der Waals surface area contributed by atoms with Gasteiger partial charge in [-0.2, -0.15) is 5.10 Å². The molecule has 1 aromatic heterocycles. The first-order valence-corrected chi connectivity index (χ1v) is 6.00. The summed E-state index contributed by atoms with van der Waals surface area (Å²) in [4.78, 5) is 4.09. The van der Waals surface area contributed by atoms with E-state index >= 15 is 0 Å². The van der Waals surface area contributed by atoms with E-state index in [0.29, 0.717) is 22.3 Å². The summed E-state index contributed by atoms with van der Waals surface area (Å²) >= 11 is 6.07. The molecule has 0 unspecified atom stereocenters. The largest absolute Gasteiger partial charge is 0.454 e. The van der Waals surface area contributed by atoms with Gasteiger partial charge in [-0.15, -0.1) is 0 Å². The molecule has 0 saturated heterocycles. The molecule has 1 aromatic carbocycles. The second-order valence-corrected chi connectivity index (χ2v) is 4.23. The van der Waals surface area contributed by atoms with Crippen LogP contribution in [-0.4, -0.2) is 18.0 Å². The van der Waals surface area contributed by atoms with E-state index < -0.39 is 0 Å². The van der Waals surface area contributed by atoms with Gasteiger partial charge in [0.05, 0.1) is 11.2 Å². The maximum atomic E-state index is 6.07. The van der Waals surface area contributed by atoms with Gasteiger partial charge in [0.1, 0.15) is 5.82 Å². The molecule has 1 aliphatic rings. The summed E-state index contributed by atoms with van der Waals surface area (Å²) in [5.41, 5.74) is 3.64. The molecule has 0 fully saturated rings. The van der Waals surface area contributed by atoms with Crippen LogP contribution in [0.15, 0.2) is 41.6 Å². The van der Waals surface area contributed by atoms with E-state index in [1.165, 1.54) is 0 Å². The molecule has 0 amide bonds. The third-order valence-corrected chi connectivity index (χ3v) is 2.79. The predicted molar refractivity (Wildman–Crippen MR) is 73.0 cm³/mol. The average Bonchev–Trinajstić information content (AvgIpc) is 2.89. The Hall–Kier alpha value is -2.27. The first kappa shape index (κ1) is 11.8. The third kappa shape index (κ3) is 2.61. The van der Waals surface area contributed by atoms with Crippen molar-refractivity contribution in [1.29, 1.82) is 0 Å². The molecular weight excluding hydrogens is 266 g/mol. The molecule has 3 rings (SSSR count). The van der Waals surface area contributed by atoms with Crippen LogP contribution in [0.1, 0.15) is 5.56 Å². The highest BCUT2D eigenvalue weighted by Crippen LogP contribution is 2.39. The molecule has 0 atom stereocenters. The van der Waals surface area contributed by atoms with Gasteiger partial charge in [-0.05, 0) is 29.8 Å². The minimum Gasteiger partial charge on any atom is -0.454 e. The van der Waals surface area contributed by atoms with Crippen molar-refractivity contribution in [2.75, 3.05) is 12.2 Å². The Labute approximate surface area is 114 Å². The molecule has 5 nitrogen and oxygen atoms in total. The zero-order chi connectivity index (χ0) is 13.1. The first-order chi connectivity index (χ1) is 9.33. The Morgan fingerprint density at radius 2 is 2.26 bits per heavy atom. The van der Waals surface area contributed by atoms with Crippen LogP contribution in [0.2, 0.25) is 5.02 Å². The molecule has 2 heterocycles. The number of nitrogens with zero attached hydrogens (tertiary/aromatic N) is 2. The highest BCUT2D eigenvalue weighted by atomic mass is 35.5. The van der Waals surface area contributed by atoms with Crippen LogP contribution in [0.4, 0.5) is 5.82 Å². The van der Waals surface area contributed by atoms with Gasteiger partial charge in [0.15, 0.2) is 11.5 Å². The molecule has 0 aliphatic carbocycles. The molecule has 0 saturated carbocycles. The number of nitrogens with one attached hydrogen (secondary N) is 1. The third-order valence-electron chi connectivity index (χ3n) is 2.51. The van der Waals surface area contributed by atoms with E-state index in [-0.39, 0.29) is 6.79 Å². The van der Waals surface area contributed by atoms with Crippen molar-refractivity contribution in [1.82, 2.24) is 4.98 Å². The summed E-state index contributed by atoms with van der Waals surface area (Å²) in [6.45, 7) is 0.196. The minimum absolute atomic E-state index is 0.196. The first-order valence-electron chi connectivity index (χ1n) is 5.62. The second kappa shape index (κ2) is 5.16. The van der Waals surface area contributed by atoms with E-state index in [4.69, 9.17) is 21.1 Å². The Morgan fingerprint density at radius 1 is 1.32 bits per heavy atom. The summed E-state index contributed by atoms with van der Waals surface area (Å²) in [5.74, 6) is 1.88. The number of fused-ring (bicyclic) bond motifs is 1. The summed E-state index contributed by atoms with van der Waals surface area (Å²) in [7, 11) is 0. The normalized spacial score (nSPS) is 12.9. The summed E-state index contributed by atoms with van der Waals surface area (Å²) < 4.78 is 10.5. The Bertz CT molecular complexity index is 617. The fraction of sp³-hybridized carbons (Fsp3) is 0.0769. The fourth-order valence-electron chi connectivity index (χ4n) is 1.66.